The predicted molar refractivity (Wildman–Crippen MR) is 85.8 cm³/mol. The summed E-state index contributed by atoms with van der Waals surface area (Å²) in [6.45, 7) is 1.70. The molecule has 2 amide bonds. The van der Waals surface area contributed by atoms with Gasteiger partial charge in [0.15, 0.2) is 0 Å². The first-order valence-electron chi connectivity index (χ1n) is 9.03. The molecule has 0 aromatic carbocycles. The van der Waals surface area contributed by atoms with E-state index in [1.807, 2.05) is 0 Å². The van der Waals surface area contributed by atoms with Crippen molar-refractivity contribution in [3.63, 3.8) is 0 Å². The fourth-order valence-electron chi connectivity index (χ4n) is 5.50. The van der Waals surface area contributed by atoms with Gasteiger partial charge in [-0.15, -0.1) is 0 Å². The molecule has 1 saturated heterocycles. The Morgan fingerprint density at radius 1 is 1.30 bits per heavy atom. The molecule has 3 fully saturated rings. The zero-order valence-corrected chi connectivity index (χ0v) is 13.5. The highest BCUT2D eigenvalue weighted by molar-refractivity contribution is 5.80. The van der Waals surface area contributed by atoms with Crippen LogP contribution in [-0.2, 0) is 4.79 Å². The zero-order chi connectivity index (χ0) is 16.0. The summed E-state index contributed by atoms with van der Waals surface area (Å²) in [5, 5.41) is 12.6. The number of carboxylic acid groups (broad SMARTS) is 1. The molecule has 5 heteroatoms. The van der Waals surface area contributed by atoms with Crippen molar-refractivity contribution in [3.05, 3.63) is 12.2 Å². The fraction of sp³-hybridized carbons (Fsp3) is 0.778. The van der Waals surface area contributed by atoms with E-state index in [9.17, 15) is 14.7 Å². The number of carbonyl (C=O) groups is 2. The number of urea groups is 1. The number of carboxylic acids is 1. The van der Waals surface area contributed by atoms with Crippen LogP contribution in [0, 0.1) is 29.1 Å². The van der Waals surface area contributed by atoms with Crippen LogP contribution < -0.4 is 5.32 Å². The van der Waals surface area contributed by atoms with Crippen molar-refractivity contribution in [2.24, 2.45) is 29.1 Å². The highest BCUT2D eigenvalue weighted by Gasteiger charge is 2.55. The molecule has 2 saturated carbocycles. The zero-order valence-electron chi connectivity index (χ0n) is 13.5. The second-order valence-corrected chi connectivity index (χ2v) is 7.99. The first kappa shape index (κ1) is 15.0. The molecule has 126 valence electrons. The van der Waals surface area contributed by atoms with Gasteiger partial charge in [0.1, 0.15) is 0 Å². The minimum absolute atomic E-state index is 0.0706. The van der Waals surface area contributed by atoms with E-state index in [4.69, 9.17) is 0 Å². The van der Waals surface area contributed by atoms with E-state index < -0.39 is 11.4 Å². The number of fused-ring (bicyclic) bond motifs is 3. The van der Waals surface area contributed by atoms with Crippen molar-refractivity contribution in [1.29, 1.82) is 0 Å². The van der Waals surface area contributed by atoms with Crippen molar-refractivity contribution in [1.82, 2.24) is 10.2 Å². The number of rotatable bonds is 4. The quantitative estimate of drug-likeness (QED) is 0.782. The second-order valence-electron chi connectivity index (χ2n) is 7.99. The van der Waals surface area contributed by atoms with Gasteiger partial charge < -0.3 is 15.3 Å². The standard InChI is InChI=1S/C18H26N2O3/c21-16(22)18-6-1-2-15(18)10-20(11-18)17(23)19-7-5-14-9-12-3-4-13(14)8-12/h3-4,12-15H,1-2,5-11H2,(H,19,23)(H,21,22)/t12-,13+,14?,15+,18-/m1/s1. The molecule has 0 aromatic heterocycles. The van der Waals surface area contributed by atoms with Gasteiger partial charge in [-0.3, -0.25) is 4.79 Å². The number of nitrogens with zero attached hydrogens (tertiary/aromatic N) is 1. The summed E-state index contributed by atoms with van der Waals surface area (Å²) >= 11 is 0. The SMILES string of the molecule is O=C(NCCC1C[C@@H]2C=C[C@H]1C2)N1C[C@@H]2CCC[C@@]2(C(=O)O)C1. The van der Waals surface area contributed by atoms with Crippen molar-refractivity contribution in [3.8, 4) is 0 Å². The van der Waals surface area contributed by atoms with Crippen LogP contribution in [-0.4, -0.2) is 41.6 Å². The Bertz CT molecular complexity index is 546. The normalized spacial score (nSPS) is 40.6. The van der Waals surface area contributed by atoms with Crippen LogP contribution in [0.4, 0.5) is 4.79 Å². The molecule has 1 unspecified atom stereocenters. The van der Waals surface area contributed by atoms with Gasteiger partial charge in [0.25, 0.3) is 0 Å². The molecule has 2 bridgehead atoms. The minimum Gasteiger partial charge on any atom is -0.481 e. The molecule has 0 spiro atoms. The molecule has 2 N–H and O–H groups in total. The molecular formula is C18H26N2O3. The van der Waals surface area contributed by atoms with Gasteiger partial charge in [0.2, 0.25) is 0 Å². The van der Waals surface area contributed by atoms with Crippen LogP contribution in [0.3, 0.4) is 0 Å². The van der Waals surface area contributed by atoms with Crippen molar-refractivity contribution in [2.45, 2.75) is 38.5 Å². The molecule has 0 aromatic rings. The van der Waals surface area contributed by atoms with Gasteiger partial charge >= 0.3 is 12.0 Å². The van der Waals surface area contributed by atoms with E-state index in [-0.39, 0.29) is 11.9 Å². The molecular weight excluding hydrogens is 292 g/mol. The van der Waals surface area contributed by atoms with Crippen molar-refractivity contribution < 1.29 is 14.7 Å². The molecule has 5 atom stereocenters. The smallest absolute Gasteiger partial charge is 0.317 e. The second kappa shape index (κ2) is 5.53. The molecule has 5 nitrogen and oxygen atoms in total. The highest BCUT2D eigenvalue weighted by Crippen LogP contribution is 2.49. The van der Waals surface area contributed by atoms with Crippen LogP contribution >= 0.6 is 0 Å². The molecule has 0 radical (unpaired) electrons. The third-order valence-electron chi connectivity index (χ3n) is 6.79. The Morgan fingerprint density at radius 2 is 2.17 bits per heavy atom. The third-order valence-corrected chi connectivity index (χ3v) is 6.79. The molecule has 4 rings (SSSR count). The fourth-order valence-corrected chi connectivity index (χ4v) is 5.50. The number of nitrogens with one attached hydrogen (secondary N) is 1. The molecule has 4 aliphatic rings. The van der Waals surface area contributed by atoms with Gasteiger partial charge in [-0.05, 0) is 55.8 Å². The minimum atomic E-state index is -0.718. The first-order chi connectivity index (χ1) is 11.1. The lowest BCUT2D eigenvalue weighted by atomic mass is 9.81. The lowest BCUT2D eigenvalue weighted by Crippen LogP contribution is -2.42. The van der Waals surface area contributed by atoms with E-state index >= 15 is 0 Å². The largest absolute Gasteiger partial charge is 0.481 e. The van der Waals surface area contributed by atoms with Crippen LogP contribution in [0.25, 0.3) is 0 Å². The van der Waals surface area contributed by atoms with Gasteiger partial charge in [-0.2, -0.15) is 0 Å². The molecule has 1 aliphatic heterocycles. The Kier molecular flexibility index (Phi) is 3.62. The summed E-state index contributed by atoms with van der Waals surface area (Å²) in [6.07, 6.45) is 10.9. The van der Waals surface area contributed by atoms with E-state index in [1.165, 1.54) is 12.8 Å². The predicted octanol–water partition coefficient (Wildman–Crippen LogP) is 2.49. The first-order valence-corrected chi connectivity index (χ1v) is 9.03. The maximum Gasteiger partial charge on any atom is 0.317 e. The Balaban J connectivity index is 1.27. The Morgan fingerprint density at radius 3 is 2.83 bits per heavy atom. The van der Waals surface area contributed by atoms with Crippen molar-refractivity contribution >= 4 is 12.0 Å². The Hall–Kier alpha value is -1.52. The highest BCUT2D eigenvalue weighted by atomic mass is 16.4. The lowest BCUT2D eigenvalue weighted by Gasteiger charge is -2.24. The number of carbonyl (C=O) groups excluding carboxylic acids is 1. The Labute approximate surface area is 137 Å². The van der Waals surface area contributed by atoms with Crippen LogP contribution in [0.15, 0.2) is 12.2 Å². The topological polar surface area (TPSA) is 69.6 Å². The van der Waals surface area contributed by atoms with Crippen LogP contribution in [0.5, 0.6) is 0 Å². The van der Waals surface area contributed by atoms with E-state index in [0.717, 1.165) is 31.1 Å². The maximum absolute atomic E-state index is 12.4. The molecule has 23 heavy (non-hydrogen) atoms. The summed E-state index contributed by atoms with van der Waals surface area (Å²) in [5.74, 6) is 1.63. The van der Waals surface area contributed by atoms with Crippen molar-refractivity contribution in [2.75, 3.05) is 19.6 Å². The van der Waals surface area contributed by atoms with Gasteiger partial charge in [-0.1, -0.05) is 18.6 Å². The van der Waals surface area contributed by atoms with Gasteiger partial charge in [0, 0.05) is 19.6 Å². The number of hydrogen-bond acceptors (Lipinski definition) is 2. The number of likely N-dealkylation sites (tertiary alicyclic amines) is 1. The summed E-state index contributed by atoms with van der Waals surface area (Å²) < 4.78 is 0. The average molecular weight is 318 g/mol. The monoisotopic (exact) mass is 318 g/mol. The van der Waals surface area contributed by atoms with Gasteiger partial charge in [0.05, 0.1) is 5.41 Å². The molecule has 1 heterocycles. The maximum atomic E-state index is 12.4. The average Bonchev–Trinajstić information content (AvgIpc) is 3.25. The lowest BCUT2D eigenvalue weighted by molar-refractivity contribution is -0.149. The summed E-state index contributed by atoms with van der Waals surface area (Å²) in [5.41, 5.74) is -0.674. The van der Waals surface area contributed by atoms with E-state index in [0.29, 0.717) is 32.0 Å². The van der Waals surface area contributed by atoms with E-state index in [1.54, 1.807) is 4.90 Å². The van der Waals surface area contributed by atoms with Gasteiger partial charge in [-0.25, -0.2) is 4.79 Å². The number of allylic oxidation sites excluding steroid dienone is 2. The van der Waals surface area contributed by atoms with Crippen LogP contribution in [0.2, 0.25) is 0 Å². The number of aliphatic carboxylic acids is 1. The van der Waals surface area contributed by atoms with Crippen LogP contribution in [0.1, 0.15) is 38.5 Å². The van der Waals surface area contributed by atoms with E-state index in [2.05, 4.69) is 17.5 Å². The number of amides is 2. The summed E-state index contributed by atoms with van der Waals surface area (Å²) in [7, 11) is 0. The summed E-state index contributed by atoms with van der Waals surface area (Å²) in [6, 6.07) is -0.0706. The molecule has 3 aliphatic carbocycles. The third kappa shape index (κ3) is 2.45. The summed E-state index contributed by atoms with van der Waals surface area (Å²) in [4.78, 5) is 25.8. The number of hydrogen-bond donors (Lipinski definition) is 2.